The number of benzene rings is 3. The Morgan fingerprint density at radius 2 is 1.46 bits per heavy atom. The molecule has 0 aliphatic heterocycles. The van der Waals surface area contributed by atoms with Gasteiger partial charge in [0.15, 0.2) is 0 Å². The third-order valence-corrected chi connectivity index (χ3v) is 7.45. The summed E-state index contributed by atoms with van der Waals surface area (Å²) in [5.41, 5.74) is 5.75. The SMILES string of the molecule is C=CC(=O)Oc1ccc(-c2ccc(-c3ccc(OC(=O)C(=C)COC)cc3)cc2)c(C2CCC(COCC)CC2)c1. The highest BCUT2D eigenvalue weighted by atomic mass is 16.5. The summed E-state index contributed by atoms with van der Waals surface area (Å²) in [5, 5.41) is 0. The van der Waals surface area contributed by atoms with Crippen LogP contribution in [0.2, 0.25) is 0 Å². The van der Waals surface area contributed by atoms with Gasteiger partial charge in [0.1, 0.15) is 11.5 Å². The molecule has 0 aromatic heterocycles. The van der Waals surface area contributed by atoms with Gasteiger partial charge in [-0.3, -0.25) is 0 Å². The van der Waals surface area contributed by atoms with E-state index in [4.69, 9.17) is 18.9 Å². The molecule has 0 radical (unpaired) electrons. The number of carbonyl (C=O) groups is 2. The van der Waals surface area contributed by atoms with Crippen molar-refractivity contribution in [2.24, 2.45) is 5.92 Å². The van der Waals surface area contributed by atoms with Gasteiger partial charge in [-0.1, -0.05) is 55.6 Å². The summed E-state index contributed by atoms with van der Waals surface area (Å²) in [6.07, 6.45) is 5.55. The summed E-state index contributed by atoms with van der Waals surface area (Å²) in [6, 6.07) is 21.7. The van der Waals surface area contributed by atoms with E-state index < -0.39 is 11.9 Å². The van der Waals surface area contributed by atoms with Crippen molar-refractivity contribution in [2.45, 2.75) is 38.5 Å². The Morgan fingerprint density at radius 3 is 2.07 bits per heavy atom. The van der Waals surface area contributed by atoms with Crippen LogP contribution in [-0.2, 0) is 19.1 Å². The average molecular weight is 555 g/mol. The average Bonchev–Trinajstić information content (AvgIpc) is 3.01. The topological polar surface area (TPSA) is 71.1 Å². The minimum atomic E-state index is -0.507. The first-order valence-electron chi connectivity index (χ1n) is 14.1. The summed E-state index contributed by atoms with van der Waals surface area (Å²) in [5.74, 6) is 0.982. The fraction of sp³-hybridized carbons (Fsp3) is 0.314. The van der Waals surface area contributed by atoms with Crippen molar-refractivity contribution in [3.63, 3.8) is 0 Å². The van der Waals surface area contributed by atoms with Crippen LogP contribution in [0.3, 0.4) is 0 Å². The second kappa shape index (κ2) is 14.6. The fourth-order valence-electron chi connectivity index (χ4n) is 5.26. The molecule has 3 aromatic rings. The van der Waals surface area contributed by atoms with E-state index in [0.717, 1.165) is 61.2 Å². The molecule has 0 spiro atoms. The predicted octanol–water partition coefficient (Wildman–Crippen LogP) is 7.53. The highest BCUT2D eigenvalue weighted by Crippen LogP contribution is 2.42. The molecule has 1 fully saturated rings. The third-order valence-electron chi connectivity index (χ3n) is 7.45. The summed E-state index contributed by atoms with van der Waals surface area (Å²) < 4.78 is 21.5. The van der Waals surface area contributed by atoms with Gasteiger partial charge in [-0.25, -0.2) is 9.59 Å². The lowest BCUT2D eigenvalue weighted by molar-refractivity contribution is -0.131. The Labute approximate surface area is 242 Å². The van der Waals surface area contributed by atoms with Crippen molar-refractivity contribution >= 4 is 11.9 Å². The number of methoxy groups -OCH3 is 1. The molecular formula is C35H38O6. The zero-order valence-corrected chi connectivity index (χ0v) is 23.9. The Morgan fingerprint density at radius 1 is 0.854 bits per heavy atom. The number of rotatable bonds is 12. The Kier molecular flexibility index (Phi) is 10.7. The van der Waals surface area contributed by atoms with Crippen LogP contribution in [0.5, 0.6) is 11.5 Å². The van der Waals surface area contributed by atoms with Crippen molar-refractivity contribution < 1.29 is 28.5 Å². The molecule has 0 unspecified atom stereocenters. The monoisotopic (exact) mass is 554 g/mol. The van der Waals surface area contributed by atoms with Crippen LogP contribution < -0.4 is 9.47 Å². The quantitative estimate of drug-likeness (QED) is 0.131. The zero-order chi connectivity index (χ0) is 29.2. The molecule has 0 bridgehead atoms. The van der Waals surface area contributed by atoms with Crippen LogP contribution >= 0.6 is 0 Å². The van der Waals surface area contributed by atoms with E-state index in [2.05, 4.69) is 37.4 Å². The van der Waals surface area contributed by atoms with Gasteiger partial charge in [0.2, 0.25) is 0 Å². The van der Waals surface area contributed by atoms with Crippen molar-refractivity contribution in [1.82, 2.24) is 0 Å². The first-order chi connectivity index (χ1) is 19.9. The molecular weight excluding hydrogens is 516 g/mol. The molecule has 0 N–H and O–H groups in total. The van der Waals surface area contributed by atoms with Crippen molar-refractivity contribution in [3.8, 4) is 33.8 Å². The van der Waals surface area contributed by atoms with Crippen LogP contribution in [0, 0.1) is 5.92 Å². The van der Waals surface area contributed by atoms with Crippen LogP contribution in [0.15, 0.2) is 91.5 Å². The van der Waals surface area contributed by atoms with Gasteiger partial charge < -0.3 is 18.9 Å². The first kappa shape index (κ1) is 30.0. The second-order valence-corrected chi connectivity index (χ2v) is 10.3. The van der Waals surface area contributed by atoms with Crippen LogP contribution in [-0.4, -0.2) is 38.9 Å². The van der Waals surface area contributed by atoms with E-state index in [9.17, 15) is 9.59 Å². The molecule has 214 valence electrons. The molecule has 0 saturated heterocycles. The van der Waals surface area contributed by atoms with Crippen molar-refractivity contribution in [1.29, 1.82) is 0 Å². The van der Waals surface area contributed by atoms with Gasteiger partial charge in [-0.15, -0.1) is 0 Å². The Balaban J connectivity index is 1.53. The third kappa shape index (κ3) is 8.03. The molecule has 41 heavy (non-hydrogen) atoms. The standard InChI is InChI=1S/C35H38O6/c1-5-34(36)40-31-19-20-32(33(21-31)29-9-7-25(8-10-29)23-39-6-2)28-13-11-26(12-14-28)27-15-17-30(18-16-27)41-35(37)24(3)22-38-4/h5,11-21,25,29H,1,3,6-10,22-23H2,2,4H3. The zero-order valence-electron chi connectivity index (χ0n) is 23.9. The molecule has 6 nitrogen and oxygen atoms in total. The first-order valence-corrected chi connectivity index (χ1v) is 14.1. The van der Waals surface area contributed by atoms with Gasteiger partial charge in [0.05, 0.1) is 12.2 Å². The summed E-state index contributed by atoms with van der Waals surface area (Å²) >= 11 is 0. The van der Waals surface area contributed by atoms with Gasteiger partial charge >= 0.3 is 11.9 Å². The van der Waals surface area contributed by atoms with Gasteiger partial charge in [0.25, 0.3) is 0 Å². The number of hydrogen-bond donors (Lipinski definition) is 0. The lowest BCUT2D eigenvalue weighted by atomic mass is 9.77. The van der Waals surface area contributed by atoms with Crippen molar-refractivity contribution in [2.75, 3.05) is 26.9 Å². The minimum Gasteiger partial charge on any atom is -0.423 e. The molecule has 1 aliphatic carbocycles. The minimum absolute atomic E-state index is 0.128. The van der Waals surface area contributed by atoms with Gasteiger partial charge in [-0.2, -0.15) is 0 Å². The lowest BCUT2D eigenvalue weighted by Gasteiger charge is -2.30. The summed E-state index contributed by atoms with van der Waals surface area (Å²) in [6.45, 7) is 10.9. The number of carbonyl (C=O) groups excluding carboxylic acids is 2. The maximum atomic E-state index is 12.1. The smallest absolute Gasteiger partial charge is 0.341 e. The van der Waals surface area contributed by atoms with Crippen LogP contribution in [0.25, 0.3) is 22.3 Å². The van der Waals surface area contributed by atoms with Gasteiger partial charge in [-0.05, 0) is 96.5 Å². The highest BCUT2D eigenvalue weighted by Gasteiger charge is 2.25. The number of esters is 2. The summed E-state index contributed by atoms with van der Waals surface area (Å²) in [7, 11) is 1.50. The normalized spacial score (nSPS) is 16.5. The number of ether oxygens (including phenoxy) is 4. The van der Waals surface area contributed by atoms with Crippen LogP contribution in [0.1, 0.15) is 44.1 Å². The van der Waals surface area contributed by atoms with Gasteiger partial charge in [0, 0.05) is 26.4 Å². The van der Waals surface area contributed by atoms with E-state index in [1.54, 1.807) is 12.1 Å². The maximum absolute atomic E-state index is 12.1. The molecule has 6 heteroatoms. The van der Waals surface area contributed by atoms with E-state index >= 15 is 0 Å². The van der Waals surface area contributed by atoms with Crippen LogP contribution in [0.4, 0.5) is 0 Å². The predicted molar refractivity (Wildman–Crippen MR) is 161 cm³/mol. The highest BCUT2D eigenvalue weighted by molar-refractivity contribution is 5.89. The molecule has 4 rings (SSSR count). The molecule has 0 heterocycles. The largest absolute Gasteiger partial charge is 0.423 e. The molecule has 1 saturated carbocycles. The lowest BCUT2D eigenvalue weighted by Crippen LogP contribution is -2.18. The van der Waals surface area contributed by atoms with E-state index in [1.165, 1.54) is 18.7 Å². The second-order valence-electron chi connectivity index (χ2n) is 10.3. The Hall–Kier alpha value is -4.00. The van der Waals surface area contributed by atoms with E-state index in [1.807, 2.05) is 37.3 Å². The Bertz CT molecular complexity index is 1350. The number of hydrogen-bond acceptors (Lipinski definition) is 6. The van der Waals surface area contributed by atoms with Crippen molar-refractivity contribution in [3.05, 3.63) is 97.1 Å². The summed E-state index contributed by atoms with van der Waals surface area (Å²) in [4.78, 5) is 24.0. The maximum Gasteiger partial charge on any atom is 0.341 e. The van der Waals surface area contributed by atoms with E-state index in [-0.39, 0.29) is 12.2 Å². The molecule has 0 atom stereocenters. The van der Waals surface area contributed by atoms with E-state index in [0.29, 0.717) is 23.3 Å². The molecule has 0 amide bonds. The molecule has 3 aromatic carbocycles. The fourth-order valence-corrected chi connectivity index (χ4v) is 5.26. The molecule has 1 aliphatic rings.